The number of halogens is 2. The molecule has 2 N–H and O–H groups in total. The van der Waals surface area contributed by atoms with Crippen molar-refractivity contribution in [3.8, 4) is 0 Å². The first-order chi connectivity index (χ1) is 12.3. The maximum absolute atomic E-state index is 13.2. The summed E-state index contributed by atoms with van der Waals surface area (Å²) in [6.07, 6.45) is 3.69. The second-order valence-electron chi connectivity index (χ2n) is 5.63. The third kappa shape index (κ3) is 5.38. The van der Waals surface area contributed by atoms with Crippen molar-refractivity contribution < 1.29 is 4.39 Å². The van der Waals surface area contributed by atoms with E-state index in [9.17, 15) is 4.39 Å². The van der Waals surface area contributed by atoms with Crippen LogP contribution in [0.1, 0.15) is 17.8 Å². The van der Waals surface area contributed by atoms with Crippen molar-refractivity contribution in [3.63, 3.8) is 0 Å². The van der Waals surface area contributed by atoms with Crippen LogP contribution in [-0.4, -0.2) is 34.2 Å². The Kier molecular flexibility index (Phi) is 7.76. The van der Waals surface area contributed by atoms with Crippen LogP contribution in [0.15, 0.2) is 53.7 Å². The summed E-state index contributed by atoms with van der Waals surface area (Å²) in [5, 5.41) is 14.8. The van der Waals surface area contributed by atoms with Crippen LogP contribution in [-0.2, 0) is 13.0 Å². The van der Waals surface area contributed by atoms with Crippen molar-refractivity contribution in [2.75, 3.05) is 13.6 Å². The molecule has 2 aromatic heterocycles. The van der Waals surface area contributed by atoms with E-state index >= 15 is 0 Å². The van der Waals surface area contributed by atoms with Gasteiger partial charge in [-0.05, 0) is 36.2 Å². The molecule has 0 spiro atoms. The minimum atomic E-state index is -0.234. The first kappa shape index (κ1) is 20.1. The molecular formula is C18H22FIN6. The molecule has 6 nitrogen and oxygen atoms in total. The van der Waals surface area contributed by atoms with Crippen LogP contribution >= 0.6 is 24.0 Å². The number of rotatable bonds is 6. The molecule has 0 saturated carbocycles. The number of hydrogen-bond acceptors (Lipinski definition) is 3. The zero-order chi connectivity index (χ0) is 17.5. The molecule has 0 aliphatic heterocycles. The molecule has 26 heavy (non-hydrogen) atoms. The number of fused-ring (bicyclic) bond motifs is 1. The van der Waals surface area contributed by atoms with Gasteiger partial charge in [-0.1, -0.05) is 18.2 Å². The lowest BCUT2D eigenvalue weighted by molar-refractivity contribution is 0.624. The van der Waals surface area contributed by atoms with E-state index < -0.39 is 0 Å². The fourth-order valence-electron chi connectivity index (χ4n) is 2.57. The lowest BCUT2D eigenvalue weighted by Crippen LogP contribution is -2.37. The fourth-order valence-corrected chi connectivity index (χ4v) is 2.57. The summed E-state index contributed by atoms with van der Waals surface area (Å²) >= 11 is 0. The van der Waals surface area contributed by atoms with E-state index in [1.807, 2.05) is 34.9 Å². The number of hydrogen-bond donors (Lipinski definition) is 2. The summed E-state index contributed by atoms with van der Waals surface area (Å²) in [5.74, 6) is 1.40. The zero-order valence-electron chi connectivity index (χ0n) is 14.5. The van der Waals surface area contributed by atoms with E-state index in [0.29, 0.717) is 12.5 Å². The summed E-state index contributed by atoms with van der Waals surface area (Å²) < 4.78 is 15.2. The Morgan fingerprint density at radius 1 is 1.15 bits per heavy atom. The molecule has 0 fully saturated rings. The van der Waals surface area contributed by atoms with Crippen LogP contribution in [0.5, 0.6) is 0 Å². The van der Waals surface area contributed by atoms with Gasteiger partial charge in [0.25, 0.3) is 0 Å². The lowest BCUT2D eigenvalue weighted by atomic mass is 10.2. The van der Waals surface area contributed by atoms with Gasteiger partial charge in [0.15, 0.2) is 11.6 Å². The lowest BCUT2D eigenvalue weighted by Gasteiger charge is -2.11. The summed E-state index contributed by atoms with van der Waals surface area (Å²) in [5.41, 5.74) is 1.73. The van der Waals surface area contributed by atoms with Gasteiger partial charge in [0, 0.05) is 32.8 Å². The van der Waals surface area contributed by atoms with Gasteiger partial charge < -0.3 is 10.6 Å². The molecule has 8 heteroatoms. The predicted molar refractivity (Wildman–Crippen MR) is 111 cm³/mol. The molecule has 0 aliphatic rings. The van der Waals surface area contributed by atoms with E-state index in [1.165, 1.54) is 12.1 Å². The molecule has 0 radical (unpaired) electrons. The highest BCUT2D eigenvalue weighted by molar-refractivity contribution is 14.0. The van der Waals surface area contributed by atoms with Gasteiger partial charge in [0.1, 0.15) is 11.6 Å². The standard InChI is InChI=1S/C18H21FN6.HI/c1-20-18(22-13-14-6-4-7-15(19)12-14)21-10-5-9-17-24-23-16-8-2-3-11-25(16)17;/h2-4,6-8,11-12H,5,9-10,13H2,1H3,(H2,20,21,22);1H. The normalized spacial score (nSPS) is 11.2. The van der Waals surface area contributed by atoms with Crippen LogP contribution in [0.4, 0.5) is 4.39 Å². The van der Waals surface area contributed by atoms with Crippen molar-refractivity contribution in [2.45, 2.75) is 19.4 Å². The Labute approximate surface area is 169 Å². The minimum Gasteiger partial charge on any atom is -0.356 e. The molecule has 2 heterocycles. The maximum Gasteiger partial charge on any atom is 0.191 e. The second kappa shape index (κ2) is 10.0. The van der Waals surface area contributed by atoms with E-state index in [-0.39, 0.29) is 29.8 Å². The van der Waals surface area contributed by atoms with Gasteiger partial charge in [0.2, 0.25) is 0 Å². The molecule has 3 aromatic rings. The van der Waals surface area contributed by atoms with Crippen molar-refractivity contribution in [1.82, 2.24) is 25.2 Å². The highest BCUT2D eigenvalue weighted by Gasteiger charge is 2.04. The number of pyridine rings is 1. The third-order valence-corrected chi connectivity index (χ3v) is 3.83. The SMILES string of the molecule is CN=C(NCCCc1nnc2ccccn12)NCc1cccc(F)c1.I. The third-order valence-electron chi connectivity index (χ3n) is 3.83. The van der Waals surface area contributed by atoms with Crippen molar-refractivity contribution in [3.05, 3.63) is 65.9 Å². The Bertz CT molecular complexity index is 864. The molecule has 0 bridgehead atoms. The number of aromatic nitrogens is 3. The number of aryl methyl sites for hydroxylation is 1. The molecule has 0 saturated heterocycles. The molecule has 0 aliphatic carbocycles. The Morgan fingerprint density at radius 2 is 2.04 bits per heavy atom. The summed E-state index contributed by atoms with van der Waals surface area (Å²) in [4.78, 5) is 4.18. The number of benzene rings is 1. The van der Waals surface area contributed by atoms with Crippen LogP contribution in [0.3, 0.4) is 0 Å². The number of nitrogens with one attached hydrogen (secondary N) is 2. The first-order valence-corrected chi connectivity index (χ1v) is 8.24. The molecule has 138 valence electrons. The van der Waals surface area contributed by atoms with Gasteiger partial charge in [-0.3, -0.25) is 9.39 Å². The van der Waals surface area contributed by atoms with Gasteiger partial charge in [-0.2, -0.15) is 0 Å². The molecular weight excluding hydrogens is 446 g/mol. The van der Waals surface area contributed by atoms with E-state index in [1.54, 1.807) is 13.1 Å². The Balaban J connectivity index is 0.00000243. The molecule has 0 amide bonds. The number of aliphatic imine (C=N–C) groups is 1. The quantitative estimate of drug-likeness (QED) is 0.253. The zero-order valence-corrected chi connectivity index (χ0v) is 16.9. The van der Waals surface area contributed by atoms with Gasteiger partial charge in [0.05, 0.1) is 0 Å². The summed E-state index contributed by atoms with van der Waals surface area (Å²) in [7, 11) is 1.72. The second-order valence-corrected chi connectivity index (χ2v) is 5.63. The smallest absolute Gasteiger partial charge is 0.191 e. The van der Waals surface area contributed by atoms with Gasteiger partial charge in [-0.25, -0.2) is 4.39 Å². The Morgan fingerprint density at radius 3 is 2.85 bits per heavy atom. The van der Waals surface area contributed by atoms with Crippen molar-refractivity contribution in [1.29, 1.82) is 0 Å². The number of guanidine groups is 1. The van der Waals surface area contributed by atoms with E-state index in [2.05, 4.69) is 25.8 Å². The van der Waals surface area contributed by atoms with E-state index in [4.69, 9.17) is 0 Å². The number of nitrogens with zero attached hydrogens (tertiary/aromatic N) is 4. The predicted octanol–water partition coefficient (Wildman–Crippen LogP) is 2.78. The monoisotopic (exact) mass is 468 g/mol. The molecule has 0 unspecified atom stereocenters. The molecule has 0 atom stereocenters. The highest BCUT2D eigenvalue weighted by atomic mass is 127. The minimum absolute atomic E-state index is 0. The first-order valence-electron chi connectivity index (χ1n) is 8.24. The molecule has 3 rings (SSSR count). The van der Waals surface area contributed by atoms with Crippen LogP contribution in [0.25, 0.3) is 5.65 Å². The summed E-state index contributed by atoms with van der Waals surface area (Å²) in [6.45, 7) is 1.27. The maximum atomic E-state index is 13.2. The Hall–Kier alpha value is -2.23. The van der Waals surface area contributed by atoms with Crippen LogP contribution in [0, 0.1) is 5.82 Å². The van der Waals surface area contributed by atoms with Crippen LogP contribution < -0.4 is 10.6 Å². The molecule has 1 aromatic carbocycles. The fraction of sp³-hybridized carbons (Fsp3) is 0.278. The van der Waals surface area contributed by atoms with E-state index in [0.717, 1.165) is 36.4 Å². The van der Waals surface area contributed by atoms with Crippen molar-refractivity contribution >= 4 is 35.6 Å². The average Bonchev–Trinajstić information content (AvgIpc) is 3.04. The van der Waals surface area contributed by atoms with Crippen LogP contribution in [0.2, 0.25) is 0 Å². The highest BCUT2D eigenvalue weighted by Crippen LogP contribution is 2.05. The topological polar surface area (TPSA) is 66.6 Å². The average molecular weight is 468 g/mol. The summed E-state index contributed by atoms with van der Waals surface area (Å²) in [6, 6.07) is 12.4. The van der Waals surface area contributed by atoms with Crippen molar-refractivity contribution in [2.24, 2.45) is 4.99 Å². The largest absolute Gasteiger partial charge is 0.356 e. The van der Waals surface area contributed by atoms with Gasteiger partial charge in [-0.15, -0.1) is 34.2 Å². The van der Waals surface area contributed by atoms with Gasteiger partial charge >= 0.3 is 0 Å².